The van der Waals surface area contributed by atoms with E-state index in [9.17, 15) is 9.59 Å². The average molecular weight is 413 g/mol. The molecule has 1 unspecified atom stereocenters. The normalized spacial score (nSPS) is 11.8. The van der Waals surface area contributed by atoms with Crippen molar-refractivity contribution in [3.8, 4) is 5.75 Å². The third-order valence-electron chi connectivity index (χ3n) is 4.25. The lowest BCUT2D eigenvalue weighted by molar-refractivity contribution is -0.123. The molecule has 0 radical (unpaired) electrons. The lowest BCUT2D eigenvalue weighted by atomic mass is 10.1. The number of nitrogens with one attached hydrogen (secondary N) is 2. The third kappa shape index (κ3) is 5.94. The van der Waals surface area contributed by atoms with Gasteiger partial charge in [-0.3, -0.25) is 9.59 Å². The van der Waals surface area contributed by atoms with Crippen LogP contribution in [0.15, 0.2) is 63.9 Å². The van der Waals surface area contributed by atoms with Crippen molar-refractivity contribution in [2.75, 3.05) is 32.6 Å². The van der Waals surface area contributed by atoms with Crippen LogP contribution in [0.3, 0.4) is 0 Å². The molecule has 3 aromatic rings. The van der Waals surface area contributed by atoms with Gasteiger partial charge in [0.05, 0.1) is 12.3 Å². The second-order valence-corrected chi connectivity index (χ2v) is 7.37. The molecule has 8 heteroatoms. The summed E-state index contributed by atoms with van der Waals surface area (Å²) in [6.07, 6.45) is 1.44. The number of thiophene rings is 1. The third-order valence-corrected chi connectivity index (χ3v) is 4.95. The van der Waals surface area contributed by atoms with Crippen molar-refractivity contribution in [3.63, 3.8) is 0 Å². The smallest absolute Gasteiger partial charge is 0.291 e. The first-order chi connectivity index (χ1) is 14.0. The first kappa shape index (κ1) is 20.6. The molecule has 2 amide bonds. The van der Waals surface area contributed by atoms with E-state index in [0.29, 0.717) is 18.0 Å². The fraction of sp³-hybridized carbons (Fsp3) is 0.238. The number of furan rings is 1. The largest absolute Gasteiger partial charge is 0.484 e. The van der Waals surface area contributed by atoms with Crippen LogP contribution in [0.1, 0.15) is 22.2 Å². The average Bonchev–Trinajstić information content (AvgIpc) is 3.41. The van der Waals surface area contributed by atoms with Crippen molar-refractivity contribution in [1.82, 2.24) is 10.2 Å². The van der Waals surface area contributed by atoms with Crippen LogP contribution in [-0.2, 0) is 4.79 Å². The SMILES string of the molecule is CN(C)C(CNC(=O)COc1cccc(NC(=O)c2ccco2)c1)c1ccsc1. The number of hydrogen-bond donors (Lipinski definition) is 2. The van der Waals surface area contributed by atoms with E-state index in [1.165, 1.54) is 11.8 Å². The minimum absolute atomic E-state index is 0.102. The predicted octanol–water partition coefficient (Wildman–Crippen LogP) is 3.39. The van der Waals surface area contributed by atoms with E-state index in [4.69, 9.17) is 9.15 Å². The van der Waals surface area contributed by atoms with Crippen molar-refractivity contribution in [1.29, 1.82) is 0 Å². The zero-order valence-corrected chi connectivity index (χ0v) is 17.1. The molecule has 0 bridgehead atoms. The van der Waals surface area contributed by atoms with Gasteiger partial charge in [0.25, 0.3) is 11.8 Å². The second-order valence-electron chi connectivity index (χ2n) is 6.59. The predicted molar refractivity (Wildman–Crippen MR) is 112 cm³/mol. The molecule has 0 saturated carbocycles. The molecule has 2 aromatic heterocycles. The number of carbonyl (C=O) groups is 2. The Kier molecular flexibility index (Phi) is 7.04. The highest BCUT2D eigenvalue weighted by molar-refractivity contribution is 7.07. The molecule has 0 aliphatic rings. The van der Waals surface area contributed by atoms with Gasteiger partial charge in [-0.2, -0.15) is 11.3 Å². The van der Waals surface area contributed by atoms with Gasteiger partial charge in [0, 0.05) is 18.3 Å². The molecule has 7 nitrogen and oxygen atoms in total. The standard InChI is InChI=1S/C21H23N3O4S/c1-24(2)18(15-8-10-29-14-15)12-22-20(25)13-28-17-6-3-5-16(11-17)23-21(26)19-7-4-9-27-19/h3-11,14,18H,12-13H2,1-2H3,(H,22,25)(H,23,26). The number of benzene rings is 1. The number of rotatable bonds is 9. The maximum absolute atomic E-state index is 12.2. The number of ether oxygens (including phenoxy) is 1. The summed E-state index contributed by atoms with van der Waals surface area (Å²) < 4.78 is 10.6. The minimum Gasteiger partial charge on any atom is -0.484 e. The van der Waals surface area contributed by atoms with Gasteiger partial charge in [-0.15, -0.1) is 0 Å². The lowest BCUT2D eigenvalue weighted by Gasteiger charge is -2.24. The number of carbonyl (C=O) groups excluding carboxylic acids is 2. The van der Waals surface area contributed by atoms with E-state index in [1.807, 2.05) is 19.5 Å². The van der Waals surface area contributed by atoms with Crippen LogP contribution >= 0.6 is 11.3 Å². The summed E-state index contributed by atoms with van der Waals surface area (Å²) in [6.45, 7) is 0.380. The van der Waals surface area contributed by atoms with Crippen molar-refractivity contribution >= 4 is 28.8 Å². The van der Waals surface area contributed by atoms with E-state index < -0.39 is 0 Å². The summed E-state index contributed by atoms with van der Waals surface area (Å²) >= 11 is 1.63. The quantitative estimate of drug-likeness (QED) is 0.562. The van der Waals surface area contributed by atoms with Crippen LogP contribution in [0.25, 0.3) is 0 Å². The molecule has 0 spiro atoms. The van der Waals surface area contributed by atoms with E-state index in [2.05, 4.69) is 27.0 Å². The van der Waals surface area contributed by atoms with Gasteiger partial charge >= 0.3 is 0 Å². The highest BCUT2D eigenvalue weighted by Crippen LogP contribution is 2.20. The molecule has 0 aliphatic heterocycles. The van der Waals surface area contributed by atoms with Gasteiger partial charge in [0.15, 0.2) is 12.4 Å². The van der Waals surface area contributed by atoms with Crippen molar-refractivity contribution in [2.45, 2.75) is 6.04 Å². The van der Waals surface area contributed by atoms with E-state index >= 15 is 0 Å². The Bertz CT molecular complexity index is 923. The van der Waals surface area contributed by atoms with Gasteiger partial charge in [-0.05, 0) is 60.8 Å². The first-order valence-corrected chi connectivity index (χ1v) is 10.00. The van der Waals surface area contributed by atoms with Gasteiger partial charge < -0.3 is 24.7 Å². The fourth-order valence-electron chi connectivity index (χ4n) is 2.74. The number of nitrogens with zero attached hydrogens (tertiary/aromatic N) is 1. The first-order valence-electron chi connectivity index (χ1n) is 9.06. The Morgan fingerprint density at radius 3 is 2.76 bits per heavy atom. The molecule has 152 valence electrons. The van der Waals surface area contributed by atoms with Crippen molar-refractivity contribution in [3.05, 3.63) is 70.8 Å². The van der Waals surface area contributed by atoms with Gasteiger partial charge in [0.1, 0.15) is 5.75 Å². The Labute approximate surface area is 173 Å². The summed E-state index contributed by atoms with van der Waals surface area (Å²) in [4.78, 5) is 26.3. The molecule has 2 heterocycles. The minimum atomic E-state index is -0.354. The Balaban J connectivity index is 1.49. The summed E-state index contributed by atoms with van der Waals surface area (Å²) in [7, 11) is 3.96. The maximum Gasteiger partial charge on any atom is 0.291 e. The summed E-state index contributed by atoms with van der Waals surface area (Å²) in [5.74, 6) is 0.140. The number of likely N-dealkylation sites (N-methyl/N-ethyl adjacent to an activating group) is 1. The highest BCUT2D eigenvalue weighted by atomic mass is 32.1. The molecule has 0 saturated heterocycles. The van der Waals surface area contributed by atoms with Crippen LogP contribution in [0, 0.1) is 0 Å². The molecule has 0 fully saturated rings. The van der Waals surface area contributed by atoms with Crippen LogP contribution in [-0.4, -0.2) is 44.0 Å². The van der Waals surface area contributed by atoms with E-state index in [0.717, 1.165) is 0 Å². The molecule has 0 aliphatic carbocycles. The second kappa shape index (κ2) is 9.90. The zero-order valence-electron chi connectivity index (χ0n) is 16.3. The van der Waals surface area contributed by atoms with Crippen LogP contribution < -0.4 is 15.4 Å². The lowest BCUT2D eigenvalue weighted by Crippen LogP contribution is -2.36. The van der Waals surface area contributed by atoms with Crippen molar-refractivity contribution in [2.24, 2.45) is 0 Å². The molecule has 1 atom stereocenters. The Morgan fingerprint density at radius 1 is 1.21 bits per heavy atom. The number of anilines is 1. The molecule has 29 heavy (non-hydrogen) atoms. The van der Waals surface area contributed by atoms with Crippen LogP contribution in [0.4, 0.5) is 5.69 Å². The monoisotopic (exact) mass is 413 g/mol. The molecule has 1 aromatic carbocycles. The van der Waals surface area contributed by atoms with Gasteiger partial charge in [-0.1, -0.05) is 6.07 Å². The summed E-state index contributed by atoms with van der Waals surface area (Å²) in [6, 6.07) is 12.2. The molecule has 2 N–H and O–H groups in total. The van der Waals surface area contributed by atoms with E-state index in [1.54, 1.807) is 47.7 Å². The van der Waals surface area contributed by atoms with E-state index in [-0.39, 0.29) is 30.2 Å². The van der Waals surface area contributed by atoms with Gasteiger partial charge in [-0.25, -0.2) is 0 Å². The van der Waals surface area contributed by atoms with Crippen LogP contribution in [0.2, 0.25) is 0 Å². The summed E-state index contributed by atoms with van der Waals surface area (Å²) in [5, 5.41) is 9.73. The zero-order chi connectivity index (χ0) is 20.6. The molecular weight excluding hydrogens is 390 g/mol. The van der Waals surface area contributed by atoms with Crippen LogP contribution in [0.5, 0.6) is 5.75 Å². The molecule has 3 rings (SSSR count). The Hall–Kier alpha value is -3.10. The fourth-order valence-corrected chi connectivity index (χ4v) is 3.44. The van der Waals surface area contributed by atoms with Gasteiger partial charge in [0.2, 0.25) is 0 Å². The number of amides is 2. The topological polar surface area (TPSA) is 83.8 Å². The molecular formula is C21H23N3O4S. The summed E-state index contributed by atoms with van der Waals surface area (Å²) in [5.41, 5.74) is 1.72. The highest BCUT2D eigenvalue weighted by Gasteiger charge is 2.16. The Morgan fingerprint density at radius 2 is 2.07 bits per heavy atom. The number of hydrogen-bond acceptors (Lipinski definition) is 6. The van der Waals surface area contributed by atoms with Crippen molar-refractivity contribution < 1.29 is 18.7 Å². The maximum atomic E-state index is 12.2.